The van der Waals surface area contributed by atoms with Crippen LogP contribution in [-0.4, -0.2) is 31.2 Å². The quantitative estimate of drug-likeness (QED) is 0.716. The first kappa shape index (κ1) is 13.5. The van der Waals surface area contributed by atoms with Gasteiger partial charge < -0.3 is 15.4 Å². The van der Waals surface area contributed by atoms with Crippen molar-refractivity contribution >= 4 is 12.0 Å². The summed E-state index contributed by atoms with van der Waals surface area (Å²) < 4.78 is 4.56. The van der Waals surface area contributed by atoms with Crippen molar-refractivity contribution in [3.05, 3.63) is 12.2 Å². The molecule has 0 aromatic rings. The van der Waals surface area contributed by atoms with Gasteiger partial charge in [-0.3, -0.25) is 4.79 Å². The predicted molar refractivity (Wildman–Crippen MR) is 64.5 cm³/mol. The Hall–Kier alpha value is -1.52. The highest BCUT2D eigenvalue weighted by molar-refractivity contribution is 5.73. The lowest BCUT2D eigenvalue weighted by Crippen LogP contribution is -2.36. The lowest BCUT2D eigenvalue weighted by atomic mass is 9.99. The number of carbonyl (C=O) groups excluding carboxylic acids is 2. The van der Waals surface area contributed by atoms with Crippen LogP contribution in [0.25, 0.3) is 0 Å². The minimum atomic E-state index is -0.420. The van der Waals surface area contributed by atoms with Crippen LogP contribution >= 0.6 is 0 Å². The van der Waals surface area contributed by atoms with Gasteiger partial charge >= 0.3 is 6.09 Å². The van der Waals surface area contributed by atoms with E-state index in [1.54, 1.807) is 0 Å². The lowest BCUT2D eigenvalue weighted by Gasteiger charge is -2.20. The van der Waals surface area contributed by atoms with E-state index in [4.69, 9.17) is 0 Å². The first-order valence-electron chi connectivity index (χ1n) is 5.91. The molecule has 96 valence electrons. The van der Waals surface area contributed by atoms with E-state index in [1.165, 1.54) is 14.0 Å². The summed E-state index contributed by atoms with van der Waals surface area (Å²) >= 11 is 0. The highest BCUT2D eigenvalue weighted by atomic mass is 16.5. The number of nitrogens with one attached hydrogen (secondary N) is 2. The molecule has 5 nitrogen and oxygen atoms in total. The van der Waals surface area contributed by atoms with Gasteiger partial charge in [0.25, 0.3) is 0 Å². The van der Waals surface area contributed by atoms with Gasteiger partial charge in [-0.15, -0.1) is 0 Å². The molecule has 2 amide bonds. The molecule has 0 fully saturated rings. The van der Waals surface area contributed by atoms with Crippen LogP contribution in [0, 0.1) is 0 Å². The molecule has 0 aliphatic heterocycles. The maximum atomic E-state index is 11.1. The molecule has 1 aliphatic rings. The van der Waals surface area contributed by atoms with E-state index in [9.17, 15) is 9.59 Å². The SMILES string of the molecule is COC(=O)NC1/C=C/C(NC(C)=O)CCCC1. The van der Waals surface area contributed by atoms with Gasteiger partial charge in [0, 0.05) is 13.0 Å². The monoisotopic (exact) mass is 240 g/mol. The predicted octanol–water partition coefficient (Wildman–Crippen LogP) is 1.35. The number of amides is 2. The fourth-order valence-corrected chi connectivity index (χ4v) is 1.90. The average Bonchev–Trinajstić information content (AvgIpc) is 2.26. The van der Waals surface area contributed by atoms with E-state index in [-0.39, 0.29) is 18.0 Å². The summed E-state index contributed by atoms with van der Waals surface area (Å²) in [5.41, 5.74) is 0. The second kappa shape index (κ2) is 6.93. The third-order valence-electron chi connectivity index (χ3n) is 2.73. The van der Waals surface area contributed by atoms with E-state index < -0.39 is 6.09 Å². The van der Waals surface area contributed by atoms with Crippen molar-refractivity contribution in [3.63, 3.8) is 0 Å². The molecule has 2 unspecified atom stereocenters. The van der Waals surface area contributed by atoms with Crippen LogP contribution in [0.4, 0.5) is 4.79 Å². The highest BCUT2D eigenvalue weighted by Gasteiger charge is 2.14. The Morgan fingerprint density at radius 2 is 1.65 bits per heavy atom. The number of alkyl carbamates (subject to hydrolysis) is 1. The van der Waals surface area contributed by atoms with Gasteiger partial charge in [0.15, 0.2) is 0 Å². The summed E-state index contributed by atoms with van der Waals surface area (Å²) in [4.78, 5) is 22.1. The zero-order valence-corrected chi connectivity index (χ0v) is 10.4. The number of methoxy groups -OCH3 is 1. The zero-order valence-electron chi connectivity index (χ0n) is 10.4. The average molecular weight is 240 g/mol. The molecule has 1 rings (SSSR count). The molecule has 0 saturated heterocycles. The van der Waals surface area contributed by atoms with Gasteiger partial charge in [-0.2, -0.15) is 0 Å². The maximum absolute atomic E-state index is 11.1. The van der Waals surface area contributed by atoms with E-state index in [0.717, 1.165) is 25.7 Å². The third-order valence-corrected chi connectivity index (χ3v) is 2.73. The first-order chi connectivity index (χ1) is 8.11. The minimum Gasteiger partial charge on any atom is -0.453 e. The van der Waals surface area contributed by atoms with Crippen molar-refractivity contribution in [3.8, 4) is 0 Å². The van der Waals surface area contributed by atoms with Crippen LogP contribution in [-0.2, 0) is 9.53 Å². The second-order valence-corrected chi connectivity index (χ2v) is 4.22. The van der Waals surface area contributed by atoms with Crippen molar-refractivity contribution in [2.45, 2.75) is 44.7 Å². The van der Waals surface area contributed by atoms with E-state index in [0.29, 0.717) is 0 Å². The number of hydrogen-bond donors (Lipinski definition) is 2. The van der Waals surface area contributed by atoms with Gasteiger partial charge in [0.05, 0.1) is 13.2 Å². The fraction of sp³-hybridized carbons (Fsp3) is 0.667. The van der Waals surface area contributed by atoms with Gasteiger partial charge in [-0.25, -0.2) is 4.79 Å². The van der Waals surface area contributed by atoms with Gasteiger partial charge in [-0.1, -0.05) is 25.0 Å². The summed E-state index contributed by atoms with van der Waals surface area (Å²) in [6.07, 6.45) is 7.36. The normalized spacial score (nSPS) is 26.2. The molecule has 0 saturated carbocycles. The van der Waals surface area contributed by atoms with Crippen LogP contribution < -0.4 is 10.6 Å². The molecule has 17 heavy (non-hydrogen) atoms. The highest BCUT2D eigenvalue weighted by Crippen LogP contribution is 2.12. The first-order valence-corrected chi connectivity index (χ1v) is 5.91. The van der Waals surface area contributed by atoms with Crippen molar-refractivity contribution in [1.82, 2.24) is 10.6 Å². The Morgan fingerprint density at radius 1 is 1.12 bits per heavy atom. The molecule has 5 heteroatoms. The number of hydrogen-bond acceptors (Lipinski definition) is 3. The minimum absolute atomic E-state index is 0.0148. The smallest absolute Gasteiger partial charge is 0.407 e. The number of carbonyl (C=O) groups is 2. The van der Waals surface area contributed by atoms with E-state index >= 15 is 0 Å². The largest absolute Gasteiger partial charge is 0.453 e. The van der Waals surface area contributed by atoms with Crippen molar-refractivity contribution in [2.24, 2.45) is 0 Å². The van der Waals surface area contributed by atoms with E-state index in [1.807, 2.05) is 12.2 Å². The topological polar surface area (TPSA) is 67.4 Å². The van der Waals surface area contributed by atoms with Crippen LogP contribution in [0.5, 0.6) is 0 Å². The Labute approximate surface area is 102 Å². The summed E-state index contributed by atoms with van der Waals surface area (Å²) in [6.45, 7) is 1.51. The summed E-state index contributed by atoms with van der Waals surface area (Å²) in [5, 5.41) is 5.62. The Balaban J connectivity index is 2.53. The molecule has 0 bridgehead atoms. The molecule has 0 spiro atoms. The third kappa shape index (κ3) is 5.38. The Bertz CT molecular complexity index is 302. The van der Waals surface area contributed by atoms with Crippen molar-refractivity contribution < 1.29 is 14.3 Å². The van der Waals surface area contributed by atoms with E-state index in [2.05, 4.69) is 15.4 Å². The molecule has 2 atom stereocenters. The summed E-state index contributed by atoms with van der Waals surface area (Å²) in [7, 11) is 1.35. The van der Waals surface area contributed by atoms with Crippen LogP contribution in [0.3, 0.4) is 0 Å². The summed E-state index contributed by atoms with van der Waals surface area (Å²) in [6, 6.07) is 0.0498. The number of rotatable bonds is 2. The van der Waals surface area contributed by atoms with Crippen LogP contribution in [0.1, 0.15) is 32.6 Å². The Kier molecular flexibility index (Phi) is 5.52. The van der Waals surface area contributed by atoms with Gasteiger partial charge in [0.1, 0.15) is 0 Å². The zero-order chi connectivity index (χ0) is 12.7. The van der Waals surface area contributed by atoms with Gasteiger partial charge in [0.2, 0.25) is 5.91 Å². The molecule has 1 aliphatic carbocycles. The van der Waals surface area contributed by atoms with Crippen LogP contribution in [0.2, 0.25) is 0 Å². The molecule has 0 aromatic heterocycles. The molecular formula is C12H20N2O3. The standard InChI is InChI=1S/C12H20N2O3/c1-9(15)13-10-5-3-4-6-11(8-7-10)14-12(16)17-2/h7-8,10-11H,3-6H2,1-2H3,(H,13,15)(H,14,16)/b8-7+. The van der Waals surface area contributed by atoms with Crippen molar-refractivity contribution in [2.75, 3.05) is 7.11 Å². The van der Waals surface area contributed by atoms with Crippen LogP contribution in [0.15, 0.2) is 12.2 Å². The molecular weight excluding hydrogens is 220 g/mol. The fourth-order valence-electron chi connectivity index (χ4n) is 1.90. The second-order valence-electron chi connectivity index (χ2n) is 4.22. The maximum Gasteiger partial charge on any atom is 0.407 e. The lowest BCUT2D eigenvalue weighted by molar-refractivity contribution is -0.119. The molecule has 0 aromatic carbocycles. The summed E-state index contributed by atoms with van der Waals surface area (Å²) in [5.74, 6) is -0.0299. The molecule has 0 heterocycles. The molecule has 0 radical (unpaired) electrons. The number of ether oxygens (including phenoxy) is 1. The van der Waals surface area contributed by atoms with Gasteiger partial charge in [-0.05, 0) is 12.8 Å². The molecule has 2 N–H and O–H groups in total. The van der Waals surface area contributed by atoms with Crippen molar-refractivity contribution in [1.29, 1.82) is 0 Å². The Morgan fingerprint density at radius 3 is 2.12 bits per heavy atom.